The van der Waals surface area contributed by atoms with Crippen molar-refractivity contribution < 1.29 is 14.3 Å². The summed E-state index contributed by atoms with van der Waals surface area (Å²) in [6.45, 7) is 1.20. The van der Waals surface area contributed by atoms with E-state index < -0.39 is 0 Å². The number of fused-ring (bicyclic) bond motifs is 2. The molecule has 7 nitrogen and oxygen atoms in total. The van der Waals surface area contributed by atoms with Crippen LogP contribution < -0.4 is 14.8 Å². The molecule has 0 bridgehead atoms. The van der Waals surface area contributed by atoms with E-state index in [2.05, 4.69) is 10.3 Å². The number of amides is 1. The maximum Gasteiger partial charge on any atom is 0.241 e. The molecule has 0 spiro atoms. The van der Waals surface area contributed by atoms with Gasteiger partial charge in [0.15, 0.2) is 11.5 Å². The fourth-order valence-corrected chi connectivity index (χ4v) is 3.18. The highest BCUT2D eigenvalue weighted by Crippen LogP contribution is 2.44. The second kappa shape index (κ2) is 7.00. The largest absolute Gasteiger partial charge is 0.484 e. The summed E-state index contributed by atoms with van der Waals surface area (Å²) in [4.78, 5) is 18.1. The quantitative estimate of drug-likeness (QED) is 0.745. The molecule has 0 fully saturated rings. The van der Waals surface area contributed by atoms with Crippen LogP contribution in [0.4, 0.5) is 11.5 Å². The first-order valence-electron chi connectivity index (χ1n) is 8.53. The highest BCUT2D eigenvalue weighted by molar-refractivity contribution is 6.32. The zero-order valence-electron chi connectivity index (χ0n) is 15.0. The first kappa shape index (κ1) is 17.5. The van der Waals surface area contributed by atoms with Gasteiger partial charge in [-0.3, -0.25) is 4.79 Å². The Labute approximate surface area is 161 Å². The van der Waals surface area contributed by atoms with Crippen LogP contribution >= 0.6 is 11.6 Å². The summed E-state index contributed by atoms with van der Waals surface area (Å²) in [5.74, 6) is 1.81. The number of likely N-dealkylation sites (N-methyl/N-ethyl adjacent to an activating group) is 1. The Morgan fingerprint density at radius 2 is 2.00 bits per heavy atom. The van der Waals surface area contributed by atoms with Crippen LogP contribution in [-0.4, -0.2) is 47.7 Å². The van der Waals surface area contributed by atoms with Crippen molar-refractivity contribution in [1.29, 1.82) is 0 Å². The van der Waals surface area contributed by atoms with Gasteiger partial charge in [0.2, 0.25) is 5.91 Å². The Bertz CT molecular complexity index is 1020. The van der Waals surface area contributed by atoms with Gasteiger partial charge in [-0.15, -0.1) is 0 Å². The summed E-state index contributed by atoms with van der Waals surface area (Å²) in [6, 6.07) is 7.43. The molecule has 1 aromatic carbocycles. The minimum atomic E-state index is 0.0242. The molecular formula is C19H19ClN4O3. The second-order valence-electron chi connectivity index (χ2n) is 6.40. The molecule has 3 heterocycles. The molecule has 1 amide bonds. The first-order chi connectivity index (χ1) is 13.0. The molecule has 8 heteroatoms. The van der Waals surface area contributed by atoms with Gasteiger partial charge in [0.25, 0.3) is 0 Å². The Kier molecular flexibility index (Phi) is 4.53. The fraction of sp³-hybridized carbons (Fsp3) is 0.263. The molecule has 2 aromatic heterocycles. The van der Waals surface area contributed by atoms with Crippen LogP contribution in [-0.2, 0) is 11.3 Å². The zero-order valence-corrected chi connectivity index (χ0v) is 15.8. The van der Waals surface area contributed by atoms with E-state index in [1.165, 1.54) is 0 Å². The predicted molar refractivity (Wildman–Crippen MR) is 104 cm³/mol. The molecule has 3 aromatic rings. The van der Waals surface area contributed by atoms with Crippen LogP contribution in [0.5, 0.6) is 11.5 Å². The van der Waals surface area contributed by atoms with Crippen molar-refractivity contribution in [2.75, 3.05) is 32.6 Å². The van der Waals surface area contributed by atoms with Crippen LogP contribution in [0.15, 0.2) is 36.7 Å². The summed E-state index contributed by atoms with van der Waals surface area (Å²) < 4.78 is 13.3. The summed E-state index contributed by atoms with van der Waals surface area (Å²) in [5.41, 5.74) is 1.65. The maximum atomic E-state index is 12.1. The van der Waals surface area contributed by atoms with Gasteiger partial charge in [0, 0.05) is 31.9 Å². The monoisotopic (exact) mass is 386 g/mol. The van der Waals surface area contributed by atoms with Gasteiger partial charge in [-0.25, -0.2) is 4.98 Å². The molecule has 4 rings (SSSR count). The van der Waals surface area contributed by atoms with E-state index in [4.69, 9.17) is 21.1 Å². The van der Waals surface area contributed by atoms with Crippen molar-refractivity contribution in [3.05, 3.63) is 41.7 Å². The number of halogens is 1. The number of nitrogens with one attached hydrogen (secondary N) is 1. The normalized spacial score (nSPS) is 12.9. The van der Waals surface area contributed by atoms with Crippen LogP contribution in [0.2, 0.25) is 5.02 Å². The lowest BCUT2D eigenvalue weighted by atomic mass is 10.2. The number of anilines is 2. The molecule has 27 heavy (non-hydrogen) atoms. The van der Waals surface area contributed by atoms with E-state index in [1.54, 1.807) is 31.3 Å². The van der Waals surface area contributed by atoms with Crippen molar-refractivity contribution in [3.63, 3.8) is 0 Å². The SMILES string of the molecule is CN(C)C(=O)Cn1ccc2c(Nc3ccc(Cl)c4c3OCCO4)nccc21. The molecular weight excluding hydrogens is 368 g/mol. The van der Waals surface area contributed by atoms with Gasteiger partial charge in [0.05, 0.1) is 16.2 Å². The molecule has 0 saturated carbocycles. The lowest BCUT2D eigenvalue weighted by Gasteiger charge is -2.22. The lowest BCUT2D eigenvalue weighted by molar-refractivity contribution is -0.129. The van der Waals surface area contributed by atoms with Gasteiger partial charge in [0.1, 0.15) is 25.6 Å². The molecule has 0 radical (unpaired) electrons. The number of carbonyl (C=O) groups is 1. The Balaban J connectivity index is 1.70. The molecule has 1 aliphatic heterocycles. The van der Waals surface area contributed by atoms with Gasteiger partial charge >= 0.3 is 0 Å². The molecule has 140 valence electrons. The minimum absolute atomic E-state index is 0.0242. The standard InChI is InChI=1S/C19H19ClN4O3/c1-23(2)16(25)11-24-8-6-12-15(24)5-7-21-19(12)22-14-4-3-13(20)17-18(14)27-10-9-26-17/h3-8H,9-11H2,1-2H3,(H,21,22). The summed E-state index contributed by atoms with van der Waals surface area (Å²) in [6.07, 6.45) is 3.59. The number of hydrogen-bond donors (Lipinski definition) is 1. The van der Waals surface area contributed by atoms with E-state index in [0.717, 1.165) is 16.6 Å². The average molecular weight is 387 g/mol. The molecule has 1 N–H and O–H groups in total. The number of carbonyl (C=O) groups excluding carboxylic acids is 1. The van der Waals surface area contributed by atoms with Crippen LogP contribution in [0.3, 0.4) is 0 Å². The number of pyridine rings is 1. The minimum Gasteiger partial charge on any atom is -0.484 e. The molecule has 0 atom stereocenters. The number of nitrogens with zero attached hydrogens (tertiary/aromatic N) is 3. The topological polar surface area (TPSA) is 68.6 Å². The second-order valence-corrected chi connectivity index (χ2v) is 6.81. The third kappa shape index (κ3) is 3.26. The van der Waals surface area contributed by atoms with E-state index >= 15 is 0 Å². The third-order valence-electron chi connectivity index (χ3n) is 4.40. The van der Waals surface area contributed by atoms with Crippen molar-refractivity contribution >= 4 is 39.9 Å². The van der Waals surface area contributed by atoms with Gasteiger partial charge in [-0.2, -0.15) is 0 Å². The molecule has 0 saturated heterocycles. The fourth-order valence-electron chi connectivity index (χ4n) is 2.98. The van der Waals surface area contributed by atoms with E-state index in [-0.39, 0.29) is 12.5 Å². The van der Waals surface area contributed by atoms with Gasteiger partial charge in [-0.05, 0) is 24.3 Å². The number of hydrogen-bond acceptors (Lipinski definition) is 5. The lowest BCUT2D eigenvalue weighted by Crippen LogP contribution is -2.25. The highest BCUT2D eigenvalue weighted by Gasteiger charge is 2.20. The van der Waals surface area contributed by atoms with Crippen molar-refractivity contribution in [3.8, 4) is 11.5 Å². The first-order valence-corrected chi connectivity index (χ1v) is 8.91. The number of aromatic nitrogens is 2. The van der Waals surface area contributed by atoms with E-state index in [1.807, 2.05) is 29.0 Å². The average Bonchev–Trinajstić information content (AvgIpc) is 3.08. The summed E-state index contributed by atoms with van der Waals surface area (Å²) in [7, 11) is 3.49. The highest BCUT2D eigenvalue weighted by atomic mass is 35.5. The molecule has 0 unspecified atom stereocenters. The smallest absolute Gasteiger partial charge is 0.241 e. The van der Waals surface area contributed by atoms with Crippen molar-refractivity contribution in [2.24, 2.45) is 0 Å². The van der Waals surface area contributed by atoms with Crippen molar-refractivity contribution in [1.82, 2.24) is 14.5 Å². The number of rotatable bonds is 4. The van der Waals surface area contributed by atoms with Gasteiger partial charge in [-0.1, -0.05) is 11.6 Å². The van der Waals surface area contributed by atoms with E-state index in [0.29, 0.717) is 35.6 Å². The molecule has 0 aliphatic carbocycles. The number of benzene rings is 1. The zero-order chi connectivity index (χ0) is 19.0. The van der Waals surface area contributed by atoms with Crippen LogP contribution in [0, 0.1) is 0 Å². The van der Waals surface area contributed by atoms with Crippen LogP contribution in [0.25, 0.3) is 10.9 Å². The maximum absolute atomic E-state index is 12.1. The Morgan fingerprint density at radius 1 is 1.22 bits per heavy atom. The Morgan fingerprint density at radius 3 is 2.78 bits per heavy atom. The summed E-state index contributed by atoms with van der Waals surface area (Å²) in [5, 5.41) is 4.72. The predicted octanol–water partition coefficient (Wildman–Crippen LogP) is 3.29. The third-order valence-corrected chi connectivity index (χ3v) is 4.69. The van der Waals surface area contributed by atoms with E-state index in [9.17, 15) is 4.79 Å². The summed E-state index contributed by atoms with van der Waals surface area (Å²) >= 11 is 6.20. The molecule has 1 aliphatic rings. The van der Waals surface area contributed by atoms with Crippen molar-refractivity contribution in [2.45, 2.75) is 6.54 Å². The van der Waals surface area contributed by atoms with Gasteiger partial charge < -0.3 is 24.3 Å². The Hall–Kier alpha value is -2.93. The van der Waals surface area contributed by atoms with Crippen LogP contribution in [0.1, 0.15) is 0 Å². The number of ether oxygens (including phenoxy) is 2.